The summed E-state index contributed by atoms with van der Waals surface area (Å²) in [4.78, 5) is 122. The van der Waals surface area contributed by atoms with Crippen molar-refractivity contribution in [2.75, 3.05) is 58.7 Å². The molecule has 0 saturated carbocycles. The zero-order valence-electron chi connectivity index (χ0n) is 49.6. The Bertz CT molecular complexity index is 2760. The predicted octanol–water partition coefficient (Wildman–Crippen LogP) is 4.60. The molecule has 4 bridgehead atoms. The average molecular weight is 1200 g/mol. The third kappa shape index (κ3) is 18.8. The number of epoxide rings is 1. The number of anilines is 2. The van der Waals surface area contributed by atoms with E-state index in [0.29, 0.717) is 42.0 Å². The molecule has 0 spiro atoms. The molecule has 26 heteroatoms. The van der Waals surface area contributed by atoms with Gasteiger partial charge in [0.25, 0.3) is 0 Å². The molecule has 84 heavy (non-hydrogen) atoms. The molecule has 8 N–H and O–H groups in total. The van der Waals surface area contributed by atoms with Crippen molar-refractivity contribution >= 4 is 76.7 Å². The molecule has 0 aliphatic carbocycles. The van der Waals surface area contributed by atoms with Gasteiger partial charge in [0.2, 0.25) is 29.5 Å². The molecule has 3 aliphatic rings. The van der Waals surface area contributed by atoms with Crippen molar-refractivity contribution in [1.82, 2.24) is 31.1 Å². The van der Waals surface area contributed by atoms with Crippen LogP contribution in [0.1, 0.15) is 97.6 Å². The first-order valence-corrected chi connectivity index (χ1v) is 28.3. The summed E-state index contributed by atoms with van der Waals surface area (Å²) >= 11 is 6.80. The van der Waals surface area contributed by atoms with Gasteiger partial charge in [-0.2, -0.15) is 0 Å². The minimum absolute atomic E-state index is 0.102. The molecule has 0 radical (unpaired) electrons. The third-order valence-corrected chi connectivity index (χ3v) is 15.3. The van der Waals surface area contributed by atoms with E-state index in [4.69, 9.17) is 45.8 Å². The average Bonchev–Trinajstić information content (AvgIpc) is 3.64. The molecule has 10 atom stereocenters. The number of nitrogens with one attached hydrogen (secondary N) is 5. The van der Waals surface area contributed by atoms with Crippen molar-refractivity contribution in [3.8, 4) is 5.75 Å². The molecule has 5 rings (SSSR count). The first-order valence-electron chi connectivity index (χ1n) is 27.9. The number of hydrogen-bond acceptors (Lipinski definition) is 16. The van der Waals surface area contributed by atoms with E-state index in [9.17, 15) is 48.3 Å². The summed E-state index contributed by atoms with van der Waals surface area (Å²) in [5, 5.41) is 25.2. The summed E-state index contributed by atoms with van der Waals surface area (Å²) in [6, 6.07) is 6.03. The first-order chi connectivity index (χ1) is 39.7. The number of halogens is 1. The number of likely N-dealkylation sites (N-methyl/N-ethyl adjacent to an activating group) is 1. The number of hydrogen-bond donors (Lipinski definition) is 7. The zero-order chi connectivity index (χ0) is 62.2. The summed E-state index contributed by atoms with van der Waals surface area (Å²) in [6.07, 6.45) is -0.293. The Labute approximate surface area is 494 Å². The number of amides is 9. The number of urea groups is 1. The lowest BCUT2D eigenvalue weighted by atomic mass is 9.87. The molecule has 9 amide bonds. The van der Waals surface area contributed by atoms with Gasteiger partial charge in [0, 0.05) is 72.2 Å². The number of nitrogens with zero attached hydrogens (tertiary/aromatic N) is 3. The minimum atomic E-state index is -1.89. The van der Waals surface area contributed by atoms with Gasteiger partial charge < -0.3 is 75.2 Å². The van der Waals surface area contributed by atoms with E-state index in [-0.39, 0.29) is 62.2 Å². The first kappa shape index (κ1) is 67.3. The number of carbonyl (C=O) groups excluding carboxylic acids is 9. The number of rotatable bonds is 22. The molecular formula is C58H82ClN9O16. The number of alkyl carbamates (subject to hydrolysis) is 1. The standard InChI is InChI=1S/C58H82ClN9O16/c1-12-15-45(69)64-49(32(2)3)53(73)63-39(17-14-24-61-55(60)75)52(72)62-38-21-19-36(20-22-38)31-81-57(77)66(7)25-23-46(70)67(8)35(6)54(74)82-42-29-47(71)68(9)40-27-37(28-41(79-10)48(40)59)26-33(4)16-13-18-44(80-11)58(78)30-43(83-56(76)65-58)34(5)50-51(42)84-50/h13,16,18-22,27-28,32,34-35,39,42-44,49-51,78H,12,14-15,17,23-26,29-31H2,1-11H3,(H,62,72)(H,63,73)(H,64,69)(H,65,76)(H3,60,61,75)/b18-13+,33-16+/t34-,35+,39+,42-,43+,44-,49+,50+,51+,58+/m1/s1. The van der Waals surface area contributed by atoms with Crippen molar-refractivity contribution in [1.29, 1.82) is 0 Å². The lowest BCUT2D eigenvalue weighted by molar-refractivity contribution is -0.160. The monoisotopic (exact) mass is 1200 g/mol. The maximum Gasteiger partial charge on any atom is 0.409 e. The quantitative estimate of drug-likeness (QED) is 0.0367. The number of nitrogens with two attached hydrogens (primary N) is 1. The van der Waals surface area contributed by atoms with Crippen molar-refractivity contribution < 1.29 is 76.7 Å². The minimum Gasteiger partial charge on any atom is -0.495 e. The van der Waals surface area contributed by atoms with Crippen LogP contribution in [0.5, 0.6) is 5.75 Å². The highest BCUT2D eigenvalue weighted by molar-refractivity contribution is 6.35. The lowest BCUT2D eigenvalue weighted by Crippen LogP contribution is -2.63. The van der Waals surface area contributed by atoms with Crippen molar-refractivity contribution in [3.63, 3.8) is 0 Å². The Morgan fingerprint density at radius 1 is 1.00 bits per heavy atom. The molecule has 3 aliphatic heterocycles. The fraction of sp³-hybridized carbons (Fsp3) is 0.569. The topological polar surface area (TPSA) is 328 Å². The molecule has 2 aromatic carbocycles. The predicted molar refractivity (Wildman–Crippen MR) is 309 cm³/mol. The fourth-order valence-electron chi connectivity index (χ4n) is 9.61. The van der Waals surface area contributed by atoms with Crippen LogP contribution in [-0.2, 0) is 65.5 Å². The Morgan fingerprint density at radius 3 is 2.35 bits per heavy atom. The maximum atomic E-state index is 14.3. The molecule has 462 valence electrons. The summed E-state index contributed by atoms with van der Waals surface area (Å²) in [7, 11) is 7.22. The number of carbonyl (C=O) groups is 9. The van der Waals surface area contributed by atoms with E-state index >= 15 is 0 Å². The highest BCUT2D eigenvalue weighted by atomic mass is 35.5. The van der Waals surface area contributed by atoms with Gasteiger partial charge in [-0.25, -0.2) is 19.2 Å². The smallest absolute Gasteiger partial charge is 0.409 e. The van der Waals surface area contributed by atoms with Gasteiger partial charge in [-0.05, 0) is 80.8 Å². The summed E-state index contributed by atoms with van der Waals surface area (Å²) in [6.45, 7) is 10.4. The second-order valence-corrected chi connectivity index (χ2v) is 22.1. The highest BCUT2D eigenvalue weighted by Crippen LogP contribution is 2.42. The number of aliphatic hydroxyl groups is 1. The molecule has 0 aromatic heterocycles. The number of primary amides is 1. The van der Waals surface area contributed by atoms with E-state index in [0.717, 1.165) is 16.0 Å². The number of methoxy groups -OCH3 is 2. The summed E-state index contributed by atoms with van der Waals surface area (Å²) < 4.78 is 34.6. The molecule has 0 unspecified atom stereocenters. The van der Waals surface area contributed by atoms with Gasteiger partial charge in [0.1, 0.15) is 59.9 Å². The van der Waals surface area contributed by atoms with E-state index in [1.165, 1.54) is 52.1 Å². The number of esters is 1. The Morgan fingerprint density at radius 2 is 1.70 bits per heavy atom. The molecular weight excluding hydrogens is 1110 g/mol. The van der Waals surface area contributed by atoms with Gasteiger partial charge in [-0.3, -0.25) is 29.3 Å². The summed E-state index contributed by atoms with van der Waals surface area (Å²) in [5.41, 5.74) is 6.18. The largest absolute Gasteiger partial charge is 0.495 e. The van der Waals surface area contributed by atoms with Crippen LogP contribution in [0.3, 0.4) is 0 Å². The van der Waals surface area contributed by atoms with Gasteiger partial charge >= 0.3 is 24.2 Å². The second-order valence-electron chi connectivity index (χ2n) is 21.7. The SMILES string of the molecule is CCCC(=O)N[C@H](C(=O)N[C@@H](CCCNC(N)=O)C(=O)Nc1ccc(COC(=O)N(C)CCC(=O)N(C)[C@@H](C)C(=O)O[C@@H]2CC(=O)N(C)c3cc(cc(OC)c3Cl)C/C(C)=C/C=C/[C@@H](OC)[C@@]3(O)C[C@H](OC(=O)N3)[C@@H](C)[C@@H]3O[C@H]32)cc1)C(C)C. The molecule has 25 nitrogen and oxygen atoms in total. The maximum absolute atomic E-state index is 14.3. The summed E-state index contributed by atoms with van der Waals surface area (Å²) in [5.74, 6) is -3.84. The van der Waals surface area contributed by atoms with Gasteiger partial charge in [-0.15, -0.1) is 0 Å². The Kier molecular flexibility index (Phi) is 24.8. The van der Waals surface area contributed by atoms with Gasteiger partial charge in [0.15, 0.2) is 5.72 Å². The van der Waals surface area contributed by atoms with E-state index in [1.54, 1.807) is 69.3 Å². The lowest BCUT2D eigenvalue weighted by Gasteiger charge is -2.41. The van der Waals surface area contributed by atoms with Crippen LogP contribution >= 0.6 is 11.6 Å². The van der Waals surface area contributed by atoms with Crippen molar-refractivity contribution in [2.24, 2.45) is 17.6 Å². The van der Waals surface area contributed by atoms with Crippen LogP contribution in [0, 0.1) is 11.8 Å². The molecule has 3 heterocycles. The Balaban J connectivity index is 1.20. The highest BCUT2D eigenvalue weighted by Gasteiger charge is 2.56. The zero-order valence-corrected chi connectivity index (χ0v) is 50.4. The molecule has 2 saturated heterocycles. The third-order valence-electron chi connectivity index (χ3n) is 14.9. The van der Waals surface area contributed by atoms with Crippen LogP contribution in [0.25, 0.3) is 0 Å². The molecule has 2 aromatic rings. The normalized spacial score (nSPS) is 23.5. The van der Waals surface area contributed by atoms with Crippen molar-refractivity contribution in [3.05, 3.63) is 76.3 Å². The number of ether oxygens (including phenoxy) is 6. The number of allylic oxidation sites excluding steroid dienone is 3. The van der Waals surface area contributed by atoms with Crippen LogP contribution in [0.2, 0.25) is 5.02 Å². The Hall–Kier alpha value is -7.48. The number of benzene rings is 2. The van der Waals surface area contributed by atoms with Crippen LogP contribution in [0.4, 0.5) is 25.8 Å². The van der Waals surface area contributed by atoms with Gasteiger partial charge in [0.05, 0.1) is 25.3 Å². The van der Waals surface area contributed by atoms with Crippen LogP contribution in [-0.4, -0.2) is 171 Å². The van der Waals surface area contributed by atoms with Gasteiger partial charge in [-0.1, -0.05) is 75.2 Å². The molecule has 2 fully saturated rings. The van der Waals surface area contributed by atoms with E-state index in [2.05, 4.69) is 26.6 Å². The van der Waals surface area contributed by atoms with E-state index < -0.39 is 115 Å². The van der Waals surface area contributed by atoms with E-state index in [1.807, 2.05) is 19.9 Å². The fourth-order valence-corrected chi connectivity index (χ4v) is 9.92. The van der Waals surface area contributed by atoms with Crippen molar-refractivity contribution in [2.45, 2.75) is 154 Å². The second kappa shape index (κ2) is 30.9. The van der Waals surface area contributed by atoms with Crippen LogP contribution in [0.15, 0.2) is 60.2 Å². The number of fused-ring (bicyclic) bond motifs is 5. The van der Waals surface area contributed by atoms with Crippen LogP contribution < -0.4 is 42.0 Å².